The number of fused-ring (bicyclic) bond motifs is 9. The number of aromatic nitrogens is 2. The van der Waals surface area contributed by atoms with Gasteiger partial charge in [-0.1, -0.05) is 68.4 Å². The number of benzene rings is 5. The molecule has 35 heavy (non-hydrogen) atoms. The van der Waals surface area contributed by atoms with Crippen LogP contribution in [0.3, 0.4) is 0 Å². The third kappa shape index (κ3) is 2.37. The highest BCUT2D eigenvalue weighted by Crippen LogP contribution is 2.52. The van der Waals surface area contributed by atoms with Gasteiger partial charge in [-0.15, -0.1) is 0 Å². The molecule has 3 nitrogen and oxygen atoms in total. The smallest absolute Gasteiger partial charge is 0.181 e. The fraction of sp³-hybridized carbons (Fsp3) is 0.0938. The van der Waals surface area contributed by atoms with Crippen molar-refractivity contribution >= 4 is 43.7 Å². The molecule has 0 bridgehead atoms. The van der Waals surface area contributed by atoms with Gasteiger partial charge in [0.1, 0.15) is 5.52 Å². The minimum atomic E-state index is -0.0468. The van der Waals surface area contributed by atoms with E-state index in [0.29, 0.717) is 0 Å². The average molecular weight is 451 g/mol. The second-order valence-electron chi connectivity index (χ2n) is 10.1. The Hall–Kier alpha value is -4.37. The zero-order chi connectivity index (χ0) is 23.3. The molecule has 1 aliphatic rings. The summed E-state index contributed by atoms with van der Waals surface area (Å²) >= 11 is 0. The summed E-state index contributed by atoms with van der Waals surface area (Å²) in [4.78, 5) is 4.29. The standard InChI is InChI=1S/C32H22N2O/c1-32(2)26-9-5-3-7-21(26)23-13-11-19-15-29-25(17-24(19)31(23)32)22-8-4-6-10-28(22)34(29)20-12-14-27-30(16-20)35-18-33-27/h3-18H,1-2H3. The molecular weight excluding hydrogens is 428 g/mol. The van der Waals surface area contributed by atoms with Crippen LogP contribution in [0, 0.1) is 0 Å². The fourth-order valence-corrected chi connectivity index (χ4v) is 6.34. The van der Waals surface area contributed by atoms with E-state index in [2.05, 4.69) is 108 Å². The molecule has 2 heterocycles. The van der Waals surface area contributed by atoms with Crippen LogP contribution < -0.4 is 0 Å². The largest absolute Gasteiger partial charge is 0.443 e. The van der Waals surface area contributed by atoms with Crippen molar-refractivity contribution in [2.24, 2.45) is 0 Å². The van der Waals surface area contributed by atoms with Gasteiger partial charge in [0.05, 0.1) is 16.7 Å². The van der Waals surface area contributed by atoms with E-state index in [-0.39, 0.29) is 5.41 Å². The summed E-state index contributed by atoms with van der Waals surface area (Å²) in [5.41, 5.74) is 10.6. The van der Waals surface area contributed by atoms with E-state index in [4.69, 9.17) is 4.42 Å². The first kappa shape index (κ1) is 19.0. The molecule has 0 N–H and O–H groups in total. The normalized spacial score (nSPS) is 14.2. The van der Waals surface area contributed by atoms with E-state index in [0.717, 1.165) is 16.8 Å². The molecule has 0 amide bonds. The Labute approximate surface area is 202 Å². The van der Waals surface area contributed by atoms with E-state index in [1.807, 2.05) is 6.07 Å². The van der Waals surface area contributed by atoms with Crippen molar-refractivity contribution in [2.45, 2.75) is 19.3 Å². The molecule has 0 unspecified atom stereocenters. The lowest BCUT2D eigenvalue weighted by atomic mass is 9.80. The molecule has 0 radical (unpaired) electrons. The van der Waals surface area contributed by atoms with Gasteiger partial charge in [0.15, 0.2) is 12.0 Å². The monoisotopic (exact) mass is 450 g/mol. The number of para-hydroxylation sites is 1. The van der Waals surface area contributed by atoms with E-state index in [1.165, 1.54) is 61.2 Å². The topological polar surface area (TPSA) is 31.0 Å². The van der Waals surface area contributed by atoms with Crippen LogP contribution in [-0.4, -0.2) is 9.55 Å². The zero-order valence-corrected chi connectivity index (χ0v) is 19.5. The van der Waals surface area contributed by atoms with Crippen molar-refractivity contribution in [2.75, 3.05) is 0 Å². The highest BCUT2D eigenvalue weighted by atomic mass is 16.3. The molecule has 166 valence electrons. The second-order valence-corrected chi connectivity index (χ2v) is 10.1. The summed E-state index contributed by atoms with van der Waals surface area (Å²) in [6.07, 6.45) is 1.51. The summed E-state index contributed by atoms with van der Waals surface area (Å²) in [5.74, 6) is 0. The third-order valence-corrected chi connectivity index (χ3v) is 7.90. The van der Waals surface area contributed by atoms with E-state index < -0.39 is 0 Å². The maximum Gasteiger partial charge on any atom is 0.181 e. The van der Waals surface area contributed by atoms with Crippen LogP contribution >= 0.6 is 0 Å². The van der Waals surface area contributed by atoms with Crippen LogP contribution in [0.4, 0.5) is 0 Å². The molecule has 0 saturated carbocycles. The molecule has 1 aliphatic carbocycles. The number of oxazole rings is 1. The molecule has 7 aromatic rings. The van der Waals surface area contributed by atoms with Gasteiger partial charge >= 0.3 is 0 Å². The molecule has 5 aromatic carbocycles. The quantitative estimate of drug-likeness (QED) is 0.251. The van der Waals surface area contributed by atoms with E-state index >= 15 is 0 Å². The van der Waals surface area contributed by atoms with Crippen molar-refractivity contribution in [1.82, 2.24) is 9.55 Å². The summed E-state index contributed by atoms with van der Waals surface area (Å²) in [6, 6.07) is 33.1. The highest BCUT2D eigenvalue weighted by Gasteiger charge is 2.36. The van der Waals surface area contributed by atoms with Crippen LogP contribution in [0.1, 0.15) is 25.0 Å². The first-order chi connectivity index (χ1) is 17.1. The van der Waals surface area contributed by atoms with Gasteiger partial charge in [-0.2, -0.15) is 0 Å². The fourth-order valence-electron chi connectivity index (χ4n) is 6.34. The average Bonchev–Trinajstić information content (AvgIpc) is 3.54. The molecule has 0 spiro atoms. The van der Waals surface area contributed by atoms with Crippen LogP contribution in [0.5, 0.6) is 0 Å². The lowest BCUT2D eigenvalue weighted by Crippen LogP contribution is -2.15. The Balaban J connectivity index is 1.50. The Kier molecular flexibility index (Phi) is 3.47. The lowest BCUT2D eigenvalue weighted by Gasteiger charge is -2.23. The van der Waals surface area contributed by atoms with Crippen molar-refractivity contribution < 1.29 is 4.42 Å². The van der Waals surface area contributed by atoms with Crippen molar-refractivity contribution in [3.05, 3.63) is 109 Å². The number of nitrogens with zero attached hydrogens (tertiary/aromatic N) is 2. The summed E-state index contributed by atoms with van der Waals surface area (Å²) < 4.78 is 7.98. The predicted molar refractivity (Wildman–Crippen MR) is 143 cm³/mol. The Bertz CT molecular complexity index is 1990. The minimum Gasteiger partial charge on any atom is -0.443 e. The van der Waals surface area contributed by atoms with Gasteiger partial charge in [-0.05, 0) is 63.4 Å². The summed E-state index contributed by atoms with van der Waals surface area (Å²) in [7, 11) is 0. The summed E-state index contributed by atoms with van der Waals surface area (Å²) in [5, 5.41) is 5.13. The molecule has 2 aromatic heterocycles. The molecule has 8 rings (SSSR count). The first-order valence-electron chi connectivity index (χ1n) is 12.1. The van der Waals surface area contributed by atoms with Gasteiger partial charge in [-0.3, -0.25) is 0 Å². The molecule has 0 fully saturated rings. The number of hydrogen-bond acceptors (Lipinski definition) is 2. The van der Waals surface area contributed by atoms with Crippen LogP contribution in [0.15, 0.2) is 102 Å². The van der Waals surface area contributed by atoms with Gasteiger partial charge in [0, 0.05) is 22.3 Å². The van der Waals surface area contributed by atoms with Gasteiger partial charge < -0.3 is 8.98 Å². The molecule has 0 atom stereocenters. The Morgan fingerprint density at radius 2 is 1.57 bits per heavy atom. The lowest BCUT2D eigenvalue weighted by molar-refractivity contribution is 0.602. The SMILES string of the molecule is CC1(C)c2ccccc2-c2ccc3cc4c(cc3c21)c1ccccc1n4-c1ccc2ncoc2c1. The second kappa shape index (κ2) is 6.39. The van der Waals surface area contributed by atoms with Crippen molar-refractivity contribution in [3.63, 3.8) is 0 Å². The Morgan fingerprint density at radius 3 is 2.51 bits per heavy atom. The zero-order valence-electron chi connectivity index (χ0n) is 19.5. The Morgan fingerprint density at radius 1 is 0.714 bits per heavy atom. The molecule has 3 heteroatoms. The summed E-state index contributed by atoms with van der Waals surface area (Å²) in [6.45, 7) is 4.72. The van der Waals surface area contributed by atoms with E-state index in [1.54, 1.807) is 0 Å². The van der Waals surface area contributed by atoms with Crippen LogP contribution in [0.25, 0.3) is 60.5 Å². The predicted octanol–water partition coefficient (Wildman–Crippen LogP) is 8.38. The third-order valence-electron chi connectivity index (χ3n) is 7.90. The van der Waals surface area contributed by atoms with Crippen LogP contribution in [0.2, 0.25) is 0 Å². The van der Waals surface area contributed by atoms with E-state index in [9.17, 15) is 0 Å². The van der Waals surface area contributed by atoms with Gasteiger partial charge in [-0.25, -0.2) is 4.98 Å². The van der Waals surface area contributed by atoms with Crippen LogP contribution in [-0.2, 0) is 5.41 Å². The first-order valence-corrected chi connectivity index (χ1v) is 12.1. The van der Waals surface area contributed by atoms with Gasteiger partial charge in [0.25, 0.3) is 0 Å². The number of hydrogen-bond donors (Lipinski definition) is 0. The van der Waals surface area contributed by atoms with Crippen molar-refractivity contribution in [1.29, 1.82) is 0 Å². The maximum absolute atomic E-state index is 5.63. The molecule has 0 aliphatic heterocycles. The highest BCUT2D eigenvalue weighted by molar-refractivity contribution is 6.15. The maximum atomic E-state index is 5.63. The molecular formula is C32H22N2O. The van der Waals surface area contributed by atoms with Crippen molar-refractivity contribution in [3.8, 4) is 16.8 Å². The minimum absolute atomic E-state index is 0.0468. The van der Waals surface area contributed by atoms with Gasteiger partial charge in [0.2, 0.25) is 0 Å². The number of rotatable bonds is 1. The molecule has 0 saturated heterocycles.